The molecule has 2 aromatic carbocycles. The van der Waals surface area contributed by atoms with E-state index in [1.165, 1.54) is 6.92 Å². The predicted octanol–water partition coefficient (Wildman–Crippen LogP) is 2.48. The van der Waals surface area contributed by atoms with Crippen molar-refractivity contribution in [1.29, 1.82) is 0 Å². The van der Waals surface area contributed by atoms with E-state index in [2.05, 4.69) is 0 Å². The first kappa shape index (κ1) is 17.0. The van der Waals surface area contributed by atoms with Crippen LogP contribution in [0.1, 0.15) is 20.3 Å². The Morgan fingerprint density at radius 3 is 2.60 bits per heavy atom. The summed E-state index contributed by atoms with van der Waals surface area (Å²) in [5.41, 5.74) is -1.12. The van der Waals surface area contributed by atoms with E-state index in [1.807, 2.05) is 30.3 Å². The number of ketones is 1. The Kier molecular flexibility index (Phi) is 4.20. The molecule has 0 aromatic heterocycles. The summed E-state index contributed by atoms with van der Waals surface area (Å²) in [7, 11) is 1.63. The summed E-state index contributed by atoms with van der Waals surface area (Å²) in [6.07, 6.45) is -0.395. The molecule has 0 bridgehead atoms. The van der Waals surface area contributed by atoms with Crippen LogP contribution in [0.25, 0.3) is 10.8 Å². The zero-order valence-corrected chi connectivity index (χ0v) is 14.4. The molecule has 0 unspecified atom stereocenters. The van der Waals surface area contributed by atoms with E-state index in [0.717, 1.165) is 10.8 Å². The topological polar surface area (TPSA) is 72.9 Å². The van der Waals surface area contributed by atoms with Crippen LogP contribution in [0.2, 0.25) is 0 Å². The molecule has 0 N–H and O–H groups in total. The highest BCUT2D eigenvalue weighted by atomic mass is 16.5. The number of benzene rings is 2. The number of esters is 2. The van der Waals surface area contributed by atoms with Gasteiger partial charge in [0.25, 0.3) is 0 Å². The lowest BCUT2D eigenvalue weighted by atomic mass is 9.86. The zero-order chi connectivity index (χ0) is 18.2. The maximum Gasteiger partial charge on any atom is 0.345 e. The van der Waals surface area contributed by atoms with Crippen molar-refractivity contribution < 1.29 is 23.9 Å². The van der Waals surface area contributed by atoms with Gasteiger partial charge in [-0.2, -0.15) is 0 Å². The lowest BCUT2D eigenvalue weighted by Gasteiger charge is -2.42. The molecule has 6 nitrogen and oxygen atoms in total. The van der Waals surface area contributed by atoms with Gasteiger partial charge in [0.15, 0.2) is 11.5 Å². The molecule has 1 heterocycles. The van der Waals surface area contributed by atoms with E-state index in [9.17, 15) is 14.4 Å². The highest BCUT2D eigenvalue weighted by Crippen LogP contribution is 2.44. The second-order valence-corrected chi connectivity index (χ2v) is 5.98. The molecule has 25 heavy (non-hydrogen) atoms. The van der Waals surface area contributed by atoms with Crippen LogP contribution in [0.3, 0.4) is 0 Å². The largest absolute Gasteiger partial charge is 0.466 e. The number of nitrogens with zero attached hydrogens (tertiary/aromatic N) is 1. The average molecular weight is 341 g/mol. The number of Topliss-reactive ketones (excluding diaryl/α,β-unsaturated/α-hetero) is 1. The van der Waals surface area contributed by atoms with E-state index >= 15 is 0 Å². The lowest BCUT2D eigenvalue weighted by Crippen LogP contribution is -2.63. The Balaban J connectivity index is 2.20. The monoisotopic (exact) mass is 341 g/mol. The highest BCUT2D eigenvalue weighted by Gasteiger charge is 2.54. The third-order valence-corrected chi connectivity index (χ3v) is 4.60. The van der Waals surface area contributed by atoms with Gasteiger partial charge >= 0.3 is 11.9 Å². The Labute approximate surface area is 145 Å². The molecule has 0 fully saturated rings. The number of likely N-dealkylation sites (N-methyl/N-ethyl adjacent to an activating group) is 1. The molecule has 0 saturated carbocycles. The predicted molar refractivity (Wildman–Crippen MR) is 92.6 cm³/mol. The van der Waals surface area contributed by atoms with Crippen LogP contribution in [-0.2, 0) is 19.1 Å². The van der Waals surface area contributed by atoms with Crippen LogP contribution >= 0.6 is 0 Å². The van der Waals surface area contributed by atoms with Gasteiger partial charge < -0.3 is 14.4 Å². The van der Waals surface area contributed by atoms with Crippen molar-refractivity contribution in [2.75, 3.05) is 18.6 Å². The summed E-state index contributed by atoms with van der Waals surface area (Å²) < 4.78 is 10.4. The fourth-order valence-electron chi connectivity index (χ4n) is 3.29. The Bertz CT molecular complexity index is 875. The van der Waals surface area contributed by atoms with Crippen molar-refractivity contribution in [2.45, 2.75) is 25.8 Å². The molecule has 3 rings (SSSR count). The van der Waals surface area contributed by atoms with Gasteiger partial charge in [0.05, 0.1) is 18.7 Å². The summed E-state index contributed by atoms with van der Waals surface area (Å²) in [6, 6.07) is 11.1. The molecule has 0 aliphatic carbocycles. The van der Waals surface area contributed by atoms with E-state index < -0.39 is 29.7 Å². The molecule has 2 aromatic rings. The molecule has 0 spiro atoms. The van der Waals surface area contributed by atoms with Crippen molar-refractivity contribution in [1.82, 2.24) is 0 Å². The summed E-state index contributed by atoms with van der Waals surface area (Å²) in [4.78, 5) is 38.8. The standard InChI is InChI=1S/C19H19NO5/c1-4-24-16(22)11-19(12(2)21)18(23)25-15-10-9-13-7-5-6-8-14(13)17(15)20(19)3/h5-10H,4,11H2,1-3H3/t19-/m1/s1. The smallest absolute Gasteiger partial charge is 0.345 e. The molecular weight excluding hydrogens is 322 g/mol. The minimum absolute atomic E-state index is 0.172. The Morgan fingerprint density at radius 1 is 1.20 bits per heavy atom. The van der Waals surface area contributed by atoms with Crippen LogP contribution in [0, 0.1) is 0 Å². The number of carbonyl (C=O) groups excluding carboxylic acids is 3. The normalized spacial score (nSPS) is 19.3. The number of hydrogen-bond donors (Lipinski definition) is 0. The molecule has 0 amide bonds. The molecule has 1 aliphatic rings. The maximum atomic E-state index is 12.7. The van der Waals surface area contributed by atoms with Gasteiger partial charge in [-0.15, -0.1) is 0 Å². The van der Waals surface area contributed by atoms with Crippen LogP contribution in [0.5, 0.6) is 5.75 Å². The number of rotatable bonds is 4. The first-order chi connectivity index (χ1) is 11.9. The minimum atomic E-state index is -1.73. The molecule has 0 saturated heterocycles. The number of ether oxygens (including phenoxy) is 2. The lowest BCUT2D eigenvalue weighted by molar-refractivity contribution is -0.155. The quantitative estimate of drug-likeness (QED) is 0.483. The molecule has 6 heteroatoms. The van der Waals surface area contributed by atoms with Gasteiger partial charge in [0.1, 0.15) is 0 Å². The van der Waals surface area contributed by atoms with Crippen molar-refractivity contribution in [3.8, 4) is 5.75 Å². The first-order valence-electron chi connectivity index (χ1n) is 8.06. The van der Waals surface area contributed by atoms with Crippen LogP contribution in [-0.4, -0.2) is 36.9 Å². The van der Waals surface area contributed by atoms with Crippen molar-refractivity contribution in [2.24, 2.45) is 0 Å². The SMILES string of the molecule is CCOC(=O)C[C@@]1(C(C)=O)C(=O)Oc2ccc3ccccc3c2N1C. The van der Waals surface area contributed by atoms with Crippen LogP contribution in [0.4, 0.5) is 5.69 Å². The third kappa shape index (κ3) is 2.54. The van der Waals surface area contributed by atoms with Gasteiger partial charge in [0.2, 0.25) is 5.54 Å². The summed E-state index contributed by atoms with van der Waals surface area (Å²) in [5, 5.41) is 1.78. The molecule has 130 valence electrons. The number of anilines is 1. The highest BCUT2D eigenvalue weighted by molar-refractivity contribution is 6.17. The number of hydrogen-bond acceptors (Lipinski definition) is 6. The fraction of sp³-hybridized carbons (Fsp3) is 0.316. The average Bonchev–Trinajstić information content (AvgIpc) is 2.58. The Morgan fingerprint density at radius 2 is 1.92 bits per heavy atom. The third-order valence-electron chi connectivity index (χ3n) is 4.60. The van der Waals surface area contributed by atoms with Crippen molar-refractivity contribution >= 4 is 34.2 Å². The van der Waals surface area contributed by atoms with Gasteiger partial charge in [0, 0.05) is 12.4 Å². The molecule has 0 radical (unpaired) electrons. The molecular formula is C19H19NO5. The van der Waals surface area contributed by atoms with Crippen molar-refractivity contribution in [3.05, 3.63) is 36.4 Å². The van der Waals surface area contributed by atoms with E-state index in [0.29, 0.717) is 11.4 Å². The molecule has 1 atom stereocenters. The minimum Gasteiger partial charge on any atom is -0.466 e. The van der Waals surface area contributed by atoms with Gasteiger partial charge in [-0.1, -0.05) is 30.3 Å². The van der Waals surface area contributed by atoms with Gasteiger partial charge in [-0.3, -0.25) is 9.59 Å². The van der Waals surface area contributed by atoms with Crippen molar-refractivity contribution in [3.63, 3.8) is 0 Å². The van der Waals surface area contributed by atoms with Gasteiger partial charge in [-0.05, 0) is 25.3 Å². The number of carbonyl (C=O) groups is 3. The number of fused-ring (bicyclic) bond motifs is 3. The molecule has 1 aliphatic heterocycles. The second-order valence-electron chi connectivity index (χ2n) is 5.98. The zero-order valence-electron chi connectivity index (χ0n) is 14.4. The first-order valence-corrected chi connectivity index (χ1v) is 8.06. The van der Waals surface area contributed by atoms with E-state index in [-0.39, 0.29) is 6.61 Å². The maximum absolute atomic E-state index is 12.7. The fourth-order valence-corrected chi connectivity index (χ4v) is 3.29. The second kappa shape index (κ2) is 6.20. The van der Waals surface area contributed by atoms with E-state index in [4.69, 9.17) is 9.47 Å². The van der Waals surface area contributed by atoms with Crippen LogP contribution < -0.4 is 9.64 Å². The van der Waals surface area contributed by atoms with E-state index in [1.54, 1.807) is 24.9 Å². The summed E-state index contributed by atoms with van der Waals surface area (Å²) in [5.74, 6) is -1.48. The van der Waals surface area contributed by atoms with Gasteiger partial charge in [-0.25, -0.2) is 4.79 Å². The summed E-state index contributed by atoms with van der Waals surface area (Å²) >= 11 is 0. The Hall–Kier alpha value is -2.89. The summed E-state index contributed by atoms with van der Waals surface area (Å²) in [6.45, 7) is 3.13. The van der Waals surface area contributed by atoms with Crippen LogP contribution in [0.15, 0.2) is 36.4 Å².